The minimum Gasteiger partial charge on any atom is -0.312 e. The van der Waals surface area contributed by atoms with E-state index in [2.05, 4.69) is 0 Å². The number of carbonyl (C=O) groups is 1. The molecule has 8 heavy (non-hydrogen) atoms. The fraction of sp³-hybridized carbons (Fsp3) is 0.750. The van der Waals surface area contributed by atoms with Crippen molar-refractivity contribution in [3.8, 4) is 0 Å². The Morgan fingerprint density at radius 3 is 2.50 bits per heavy atom. The lowest BCUT2D eigenvalue weighted by Gasteiger charge is -2.05. The van der Waals surface area contributed by atoms with Crippen LogP contribution >= 0.6 is 11.6 Å². The van der Waals surface area contributed by atoms with Gasteiger partial charge in [0, 0.05) is 0 Å². The van der Waals surface area contributed by atoms with Crippen molar-refractivity contribution in [2.45, 2.75) is 6.92 Å². The predicted molar refractivity (Wildman–Crippen MR) is 29.9 cm³/mol. The monoisotopic (exact) mass is 137 g/mol. The van der Waals surface area contributed by atoms with Crippen LogP contribution in [0.5, 0.6) is 0 Å². The van der Waals surface area contributed by atoms with E-state index in [0.29, 0.717) is 0 Å². The Balaban J connectivity index is 3.24. The van der Waals surface area contributed by atoms with Crippen LogP contribution in [0.4, 0.5) is 0 Å². The zero-order valence-corrected chi connectivity index (χ0v) is 5.35. The molecule has 0 aliphatic heterocycles. The van der Waals surface area contributed by atoms with Gasteiger partial charge in [-0.3, -0.25) is 4.79 Å². The maximum Gasteiger partial charge on any atom is 0.146 e. The smallest absolute Gasteiger partial charge is 0.146 e. The molecule has 0 saturated carbocycles. The first kappa shape index (κ1) is 7.88. The number of carbonyl (C=O) groups excluding carboxylic acids is 1. The third kappa shape index (κ3) is 4.05. The molecule has 0 heterocycles. The summed E-state index contributed by atoms with van der Waals surface area (Å²) in [6.07, 6.45) is 0. The van der Waals surface area contributed by atoms with Gasteiger partial charge in [0.05, 0.1) is 12.5 Å². The third-order valence-corrected chi connectivity index (χ3v) is 0.819. The number of alkyl halides is 1. The first-order chi connectivity index (χ1) is 3.66. The predicted octanol–water partition coefficient (Wildman–Crippen LogP) is 0.463. The van der Waals surface area contributed by atoms with E-state index in [1.54, 1.807) is 0 Å². The quantitative estimate of drug-likeness (QED) is 0.349. The second kappa shape index (κ2) is 3.83. The topological polar surface area (TPSA) is 40.5 Å². The highest BCUT2D eigenvalue weighted by molar-refractivity contribution is 6.17. The third-order valence-electron chi connectivity index (χ3n) is 0.543. The van der Waals surface area contributed by atoms with Gasteiger partial charge < -0.3 is 5.21 Å². The molecule has 1 N–H and O–H groups in total. The number of ketones is 1. The molecule has 0 unspecified atom stereocenters. The molecule has 0 aromatic carbocycles. The highest BCUT2D eigenvalue weighted by Gasteiger charge is 1.98. The molecular weight excluding hydrogens is 130 g/mol. The average Bonchev–Trinajstić information content (AvgIpc) is 1.65. The van der Waals surface area contributed by atoms with Crippen molar-refractivity contribution in [3.63, 3.8) is 0 Å². The number of hydroxylamine groups is 2. The molecule has 48 valence electrons. The Morgan fingerprint density at radius 1 is 1.88 bits per heavy atom. The fourth-order valence-electron chi connectivity index (χ4n) is 0.299. The number of halogens is 1. The van der Waals surface area contributed by atoms with Crippen LogP contribution in [0, 0.1) is 0 Å². The first-order valence-corrected chi connectivity index (χ1v) is 2.69. The van der Waals surface area contributed by atoms with E-state index in [-0.39, 0.29) is 18.3 Å². The van der Waals surface area contributed by atoms with Gasteiger partial charge in [0.15, 0.2) is 0 Å². The maximum absolute atomic E-state index is 10.2. The minimum atomic E-state index is -0.104. The van der Waals surface area contributed by atoms with Crippen LogP contribution in [0.1, 0.15) is 6.92 Å². The lowest BCUT2D eigenvalue weighted by molar-refractivity contribution is -0.130. The van der Waals surface area contributed by atoms with E-state index in [1.807, 2.05) is 0 Å². The summed E-state index contributed by atoms with van der Waals surface area (Å²) in [6.45, 7) is 1.39. The molecular formula is C4H8ClNO2. The Labute approximate surface area is 52.8 Å². The lowest BCUT2D eigenvalue weighted by atomic mass is 10.4. The van der Waals surface area contributed by atoms with Crippen molar-refractivity contribution >= 4 is 17.4 Å². The Bertz CT molecular complexity index is 86.1. The molecule has 3 nitrogen and oxygen atoms in total. The normalized spacial score (nSPS) is 10.0. The number of hydrogen-bond acceptors (Lipinski definition) is 3. The van der Waals surface area contributed by atoms with Crippen molar-refractivity contribution in [2.75, 3.05) is 12.5 Å². The van der Waals surface area contributed by atoms with Gasteiger partial charge in [0.1, 0.15) is 5.78 Å². The van der Waals surface area contributed by atoms with Crippen LogP contribution in [0.25, 0.3) is 0 Å². The summed E-state index contributed by atoms with van der Waals surface area (Å²) in [5.41, 5.74) is 0. The van der Waals surface area contributed by atoms with Crippen molar-refractivity contribution in [1.29, 1.82) is 0 Å². The second-order valence-electron chi connectivity index (χ2n) is 1.49. The van der Waals surface area contributed by atoms with Gasteiger partial charge in [0.25, 0.3) is 0 Å². The molecule has 0 atom stereocenters. The number of nitrogens with zero attached hydrogens (tertiary/aromatic N) is 1. The SMILES string of the molecule is CC(=O)CN(O)CCl. The molecule has 0 aromatic rings. The largest absolute Gasteiger partial charge is 0.312 e. The number of Topliss-reactive ketones (excluding diaryl/α,β-unsaturated/α-hetero) is 1. The maximum atomic E-state index is 10.2. The summed E-state index contributed by atoms with van der Waals surface area (Å²) in [4.78, 5) is 10.2. The van der Waals surface area contributed by atoms with E-state index in [1.165, 1.54) is 6.92 Å². The van der Waals surface area contributed by atoms with Gasteiger partial charge in [-0.15, -0.1) is 11.6 Å². The minimum absolute atomic E-state index is 0.00347. The van der Waals surface area contributed by atoms with Crippen molar-refractivity contribution < 1.29 is 10.0 Å². The van der Waals surface area contributed by atoms with E-state index >= 15 is 0 Å². The molecule has 0 bridgehead atoms. The van der Waals surface area contributed by atoms with Crippen molar-refractivity contribution in [2.24, 2.45) is 0 Å². The highest BCUT2D eigenvalue weighted by Crippen LogP contribution is 1.83. The average molecular weight is 138 g/mol. The molecule has 0 fully saturated rings. The standard InChI is InChI=1S/C4H8ClNO2/c1-4(7)2-6(8)3-5/h8H,2-3H2,1H3. The van der Waals surface area contributed by atoms with Crippen LogP contribution < -0.4 is 0 Å². The summed E-state index contributed by atoms with van der Waals surface area (Å²) >= 11 is 5.12. The van der Waals surface area contributed by atoms with Gasteiger partial charge in [-0.2, -0.15) is 5.06 Å². The Hall–Kier alpha value is -0.120. The zero-order valence-electron chi connectivity index (χ0n) is 4.59. The molecule has 0 saturated heterocycles. The lowest BCUT2D eigenvalue weighted by Crippen LogP contribution is -2.23. The highest BCUT2D eigenvalue weighted by atomic mass is 35.5. The van der Waals surface area contributed by atoms with E-state index in [9.17, 15) is 4.79 Å². The fourth-order valence-corrected chi connectivity index (χ4v) is 0.384. The van der Waals surface area contributed by atoms with Crippen LogP contribution in [0.3, 0.4) is 0 Å². The van der Waals surface area contributed by atoms with Crippen molar-refractivity contribution in [3.05, 3.63) is 0 Å². The molecule has 0 aliphatic rings. The Kier molecular flexibility index (Phi) is 3.77. The van der Waals surface area contributed by atoms with Crippen LogP contribution in [-0.4, -0.2) is 28.6 Å². The van der Waals surface area contributed by atoms with Crippen LogP contribution in [0.2, 0.25) is 0 Å². The van der Waals surface area contributed by atoms with Crippen molar-refractivity contribution in [1.82, 2.24) is 5.06 Å². The molecule has 4 heteroatoms. The number of rotatable bonds is 3. The first-order valence-electron chi connectivity index (χ1n) is 2.16. The van der Waals surface area contributed by atoms with Gasteiger partial charge in [0.2, 0.25) is 0 Å². The van der Waals surface area contributed by atoms with Gasteiger partial charge in [-0.1, -0.05) is 0 Å². The second-order valence-corrected chi connectivity index (χ2v) is 1.73. The van der Waals surface area contributed by atoms with Crippen LogP contribution in [0.15, 0.2) is 0 Å². The summed E-state index contributed by atoms with van der Waals surface area (Å²) in [5, 5.41) is 9.25. The molecule has 0 amide bonds. The summed E-state index contributed by atoms with van der Waals surface area (Å²) in [7, 11) is 0. The number of hydrogen-bond donors (Lipinski definition) is 1. The van der Waals surface area contributed by atoms with E-state index < -0.39 is 0 Å². The van der Waals surface area contributed by atoms with Gasteiger partial charge in [-0.05, 0) is 6.92 Å². The van der Waals surface area contributed by atoms with Gasteiger partial charge in [-0.25, -0.2) is 0 Å². The zero-order chi connectivity index (χ0) is 6.57. The molecule has 0 spiro atoms. The Morgan fingerprint density at radius 2 is 2.38 bits per heavy atom. The summed E-state index contributed by atoms with van der Waals surface area (Å²) in [5.74, 6) is -0.104. The van der Waals surface area contributed by atoms with Crippen LogP contribution in [-0.2, 0) is 4.79 Å². The van der Waals surface area contributed by atoms with E-state index in [4.69, 9.17) is 16.8 Å². The summed E-state index contributed by atoms with van der Waals surface area (Å²) < 4.78 is 0. The molecule has 0 aromatic heterocycles. The molecule has 0 aliphatic carbocycles. The molecule has 0 rings (SSSR count). The van der Waals surface area contributed by atoms with E-state index in [0.717, 1.165) is 5.06 Å². The van der Waals surface area contributed by atoms with Gasteiger partial charge >= 0.3 is 0 Å². The summed E-state index contributed by atoms with van der Waals surface area (Å²) in [6, 6.07) is -0.0282. The molecule has 0 radical (unpaired) electrons.